The first-order chi connectivity index (χ1) is 10.1. The highest BCUT2D eigenvalue weighted by atomic mass is 79.9. The predicted molar refractivity (Wildman–Crippen MR) is 88.3 cm³/mol. The Morgan fingerprint density at radius 2 is 2.19 bits per heavy atom. The first kappa shape index (κ1) is 15.8. The van der Waals surface area contributed by atoms with E-state index in [1.54, 1.807) is 17.4 Å². The molecule has 0 aliphatic carbocycles. The molecule has 0 aliphatic rings. The van der Waals surface area contributed by atoms with Crippen LogP contribution in [-0.4, -0.2) is 17.6 Å². The highest BCUT2D eigenvalue weighted by Crippen LogP contribution is 2.19. The van der Waals surface area contributed by atoms with E-state index in [4.69, 9.17) is 5.11 Å². The van der Waals surface area contributed by atoms with E-state index in [-0.39, 0.29) is 12.5 Å². The van der Waals surface area contributed by atoms with Crippen molar-refractivity contribution in [3.05, 3.63) is 55.7 Å². The number of carbonyl (C=O) groups is 1. The minimum absolute atomic E-state index is 0.129. The van der Waals surface area contributed by atoms with Gasteiger partial charge in [0.1, 0.15) is 6.61 Å². The molecule has 5 heteroatoms. The number of rotatable bonds is 3. The summed E-state index contributed by atoms with van der Waals surface area (Å²) in [7, 11) is 0. The molecular formula is C16H14BrNO2S. The fourth-order valence-electron chi connectivity index (χ4n) is 1.84. The number of halogens is 1. The Kier molecular flexibility index (Phi) is 5.57. The highest BCUT2D eigenvalue weighted by molar-refractivity contribution is 9.10. The Morgan fingerprint density at radius 1 is 1.38 bits per heavy atom. The second-order valence-corrected chi connectivity index (χ2v) is 6.37. The van der Waals surface area contributed by atoms with Gasteiger partial charge in [-0.25, -0.2) is 0 Å². The number of hydrogen-bond acceptors (Lipinski definition) is 3. The monoisotopic (exact) mass is 363 g/mol. The van der Waals surface area contributed by atoms with Gasteiger partial charge in [-0.05, 0) is 52.7 Å². The average Bonchev–Trinajstić information content (AvgIpc) is 2.87. The van der Waals surface area contributed by atoms with E-state index in [2.05, 4.69) is 33.1 Å². The fraction of sp³-hybridized carbons (Fsp3) is 0.188. The molecule has 1 aromatic heterocycles. The lowest BCUT2D eigenvalue weighted by Crippen LogP contribution is -2.22. The molecule has 0 unspecified atom stereocenters. The molecule has 108 valence electrons. The van der Waals surface area contributed by atoms with Gasteiger partial charge >= 0.3 is 0 Å². The van der Waals surface area contributed by atoms with Gasteiger partial charge < -0.3 is 10.4 Å². The molecular weight excluding hydrogens is 350 g/mol. The molecule has 21 heavy (non-hydrogen) atoms. The SMILES string of the molecule is Cc1cc(C#CCO)cc(C(=O)NCc2cc(Br)cs2)c1. The van der Waals surface area contributed by atoms with Gasteiger partial charge in [-0.3, -0.25) is 4.79 Å². The molecule has 0 aliphatic heterocycles. The zero-order valence-electron chi connectivity index (χ0n) is 11.4. The van der Waals surface area contributed by atoms with E-state index >= 15 is 0 Å². The van der Waals surface area contributed by atoms with E-state index < -0.39 is 0 Å². The van der Waals surface area contributed by atoms with Gasteiger partial charge in [0, 0.05) is 25.9 Å². The third-order valence-corrected chi connectivity index (χ3v) is 4.39. The van der Waals surface area contributed by atoms with Gasteiger partial charge in [0.25, 0.3) is 5.91 Å². The van der Waals surface area contributed by atoms with E-state index in [1.165, 1.54) is 0 Å². The number of benzene rings is 1. The van der Waals surface area contributed by atoms with Crippen molar-refractivity contribution in [2.75, 3.05) is 6.61 Å². The molecule has 2 N–H and O–H groups in total. The van der Waals surface area contributed by atoms with Crippen molar-refractivity contribution in [1.29, 1.82) is 0 Å². The smallest absolute Gasteiger partial charge is 0.251 e. The second-order valence-electron chi connectivity index (χ2n) is 4.46. The van der Waals surface area contributed by atoms with E-state index in [1.807, 2.05) is 30.5 Å². The summed E-state index contributed by atoms with van der Waals surface area (Å²) in [5.74, 6) is 5.28. The summed E-state index contributed by atoms with van der Waals surface area (Å²) in [6.07, 6.45) is 0. The Bertz CT molecular complexity index is 713. The topological polar surface area (TPSA) is 49.3 Å². The molecule has 1 aromatic carbocycles. The Labute approximate surface area is 136 Å². The van der Waals surface area contributed by atoms with Gasteiger partial charge in [-0.15, -0.1) is 11.3 Å². The van der Waals surface area contributed by atoms with Crippen LogP contribution in [0.5, 0.6) is 0 Å². The fourth-order valence-corrected chi connectivity index (χ4v) is 3.23. The lowest BCUT2D eigenvalue weighted by Gasteiger charge is -2.05. The number of aryl methyl sites for hydroxylation is 1. The number of aliphatic hydroxyl groups excluding tert-OH is 1. The van der Waals surface area contributed by atoms with Crippen LogP contribution in [0.25, 0.3) is 0 Å². The molecule has 0 saturated heterocycles. The van der Waals surface area contributed by atoms with Crippen LogP contribution >= 0.6 is 27.3 Å². The first-order valence-electron chi connectivity index (χ1n) is 6.31. The van der Waals surface area contributed by atoms with Crippen LogP contribution in [0.1, 0.15) is 26.4 Å². The number of carbonyl (C=O) groups excluding carboxylic acids is 1. The van der Waals surface area contributed by atoms with Crippen LogP contribution in [0.15, 0.2) is 34.1 Å². The van der Waals surface area contributed by atoms with Gasteiger partial charge in [-0.1, -0.05) is 11.8 Å². The van der Waals surface area contributed by atoms with Crippen LogP contribution in [0.2, 0.25) is 0 Å². The molecule has 1 heterocycles. The van der Waals surface area contributed by atoms with Gasteiger partial charge in [-0.2, -0.15) is 0 Å². The molecule has 2 rings (SSSR count). The zero-order chi connectivity index (χ0) is 15.2. The number of hydrogen-bond donors (Lipinski definition) is 2. The Morgan fingerprint density at radius 3 is 2.86 bits per heavy atom. The standard InChI is InChI=1S/C16H14BrNO2S/c1-11-5-12(3-2-4-19)7-13(6-11)16(20)18-9-15-8-14(17)10-21-15/h5-8,10,19H,4,9H2,1H3,(H,18,20). The van der Waals surface area contributed by atoms with E-state index in [9.17, 15) is 4.79 Å². The lowest BCUT2D eigenvalue weighted by molar-refractivity contribution is 0.0951. The molecule has 3 nitrogen and oxygen atoms in total. The minimum Gasteiger partial charge on any atom is -0.384 e. The van der Waals surface area contributed by atoms with E-state index in [0.29, 0.717) is 12.1 Å². The number of thiophene rings is 1. The van der Waals surface area contributed by atoms with Crippen molar-refractivity contribution in [2.24, 2.45) is 0 Å². The van der Waals surface area contributed by atoms with Crippen LogP contribution < -0.4 is 5.32 Å². The quantitative estimate of drug-likeness (QED) is 0.823. The third kappa shape index (κ3) is 4.71. The van der Waals surface area contributed by atoms with Crippen LogP contribution in [0, 0.1) is 18.8 Å². The summed E-state index contributed by atoms with van der Waals surface area (Å²) in [5.41, 5.74) is 2.27. The molecule has 0 bridgehead atoms. The van der Waals surface area contributed by atoms with Crippen molar-refractivity contribution >= 4 is 33.2 Å². The zero-order valence-corrected chi connectivity index (χ0v) is 13.8. The van der Waals surface area contributed by atoms with Crippen LogP contribution in [0.3, 0.4) is 0 Å². The first-order valence-corrected chi connectivity index (χ1v) is 7.98. The summed E-state index contributed by atoms with van der Waals surface area (Å²) in [4.78, 5) is 13.3. The van der Waals surface area contributed by atoms with Crippen molar-refractivity contribution < 1.29 is 9.90 Å². The second kappa shape index (κ2) is 7.41. The van der Waals surface area contributed by atoms with Gasteiger partial charge in [0.05, 0.1) is 6.54 Å². The molecule has 2 aromatic rings. The maximum absolute atomic E-state index is 12.2. The number of aliphatic hydroxyl groups is 1. The summed E-state index contributed by atoms with van der Waals surface area (Å²) in [5, 5.41) is 13.6. The summed E-state index contributed by atoms with van der Waals surface area (Å²) in [6, 6.07) is 7.42. The summed E-state index contributed by atoms with van der Waals surface area (Å²) in [6.45, 7) is 2.22. The highest BCUT2D eigenvalue weighted by Gasteiger charge is 2.07. The largest absolute Gasteiger partial charge is 0.384 e. The molecule has 0 saturated carbocycles. The number of nitrogens with one attached hydrogen (secondary N) is 1. The summed E-state index contributed by atoms with van der Waals surface area (Å²) >= 11 is 4.98. The summed E-state index contributed by atoms with van der Waals surface area (Å²) < 4.78 is 1.02. The van der Waals surface area contributed by atoms with Crippen molar-refractivity contribution in [3.63, 3.8) is 0 Å². The molecule has 1 amide bonds. The predicted octanol–water partition coefficient (Wildman–Crippen LogP) is 3.09. The van der Waals surface area contributed by atoms with Crippen LogP contribution in [0.4, 0.5) is 0 Å². The van der Waals surface area contributed by atoms with Gasteiger partial charge in [0.15, 0.2) is 0 Å². The van der Waals surface area contributed by atoms with Gasteiger partial charge in [0.2, 0.25) is 0 Å². The van der Waals surface area contributed by atoms with E-state index in [0.717, 1.165) is 20.5 Å². The Hall–Kier alpha value is -1.61. The van der Waals surface area contributed by atoms with Crippen molar-refractivity contribution in [3.8, 4) is 11.8 Å². The maximum atomic E-state index is 12.2. The minimum atomic E-state index is -0.192. The Balaban J connectivity index is 2.09. The average molecular weight is 364 g/mol. The number of amides is 1. The molecule has 0 radical (unpaired) electrons. The molecule has 0 atom stereocenters. The molecule has 0 fully saturated rings. The molecule has 0 spiro atoms. The normalized spacial score (nSPS) is 9.86. The lowest BCUT2D eigenvalue weighted by atomic mass is 10.1. The van der Waals surface area contributed by atoms with Crippen molar-refractivity contribution in [1.82, 2.24) is 5.32 Å². The third-order valence-electron chi connectivity index (χ3n) is 2.70. The van der Waals surface area contributed by atoms with Crippen LogP contribution in [-0.2, 0) is 6.54 Å². The maximum Gasteiger partial charge on any atom is 0.251 e. The van der Waals surface area contributed by atoms with Crippen molar-refractivity contribution in [2.45, 2.75) is 13.5 Å².